The number of rotatable bonds is 4. The Morgan fingerprint density at radius 2 is 2.58 bits per heavy atom. The van der Waals surface area contributed by atoms with Crippen molar-refractivity contribution in [1.82, 2.24) is 9.78 Å². The summed E-state index contributed by atoms with van der Waals surface area (Å²) in [6.45, 7) is 2.80. The molecule has 0 aliphatic carbocycles. The second-order valence-corrected chi connectivity index (χ2v) is 3.26. The fourth-order valence-corrected chi connectivity index (χ4v) is 1.35. The van der Waals surface area contributed by atoms with Crippen molar-refractivity contribution in [3.8, 4) is 0 Å². The van der Waals surface area contributed by atoms with Crippen molar-refractivity contribution in [2.75, 3.05) is 5.75 Å². The van der Waals surface area contributed by atoms with Crippen LogP contribution in [0.2, 0.25) is 0 Å². The fraction of sp³-hybridized carbons (Fsp3) is 0.429. The van der Waals surface area contributed by atoms with Crippen LogP contribution >= 0.6 is 11.8 Å². The standard InChI is InChI=1S/C7H10N2O2S/c1-2-9-4-6(3-8-9)12-5-7(10)11/h3-4H,2,5H2,1H3,(H,10,11). The van der Waals surface area contributed by atoms with Gasteiger partial charge in [0.05, 0.1) is 11.9 Å². The van der Waals surface area contributed by atoms with Gasteiger partial charge < -0.3 is 5.11 Å². The van der Waals surface area contributed by atoms with Gasteiger partial charge in [0.1, 0.15) is 0 Å². The van der Waals surface area contributed by atoms with Crippen molar-refractivity contribution in [2.24, 2.45) is 0 Å². The lowest BCUT2D eigenvalue weighted by molar-refractivity contribution is -0.133. The number of hydrogen-bond acceptors (Lipinski definition) is 3. The van der Waals surface area contributed by atoms with E-state index in [1.165, 1.54) is 11.8 Å². The molecule has 1 rings (SSSR count). The highest BCUT2D eigenvalue weighted by Crippen LogP contribution is 2.15. The first kappa shape index (κ1) is 9.12. The van der Waals surface area contributed by atoms with Gasteiger partial charge in [-0.2, -0.15) is 5.10 Å². The number of nitrogens with zero attached hydrogens (tertiary/aromatic N) is 2. The van der Waals surface area contributed by atoms with Crippen molar-refractivity contribution >= 4 is 17.7 Å². The smallest absolute Gasteiger partial charge is 0.313 e. The minimum atomic E-state index is -0.802. The molecule has 0 aliphatic heterocycles. The zero-order valence-corrected chi connectivity index (χ0v) is 7.54. The summed E-state index contributed by atoms with van der Waals surface area (Å²) in [6, 6.07) is 0. The maximum absolute atomic E-state index is 10.2. The SMILES string of the molecule is CCn1cc(SCC(=O)O)cn1. The zero-order valence-electron chi connectivity index (χ0n) is 6.73. The van der Waals surface area contributed by atoms with Gasteiger partial charge in [-0.1, -0.05) is 0 Å². The predicted octanol–water partition coefficient (Wildman–Crippen LogP) is 1.08. The average molecular weight is 186 g/mol. The first-order valence-corrected chi connectivity index (χ1v) is 4.58. The minimum absolute atomic E-state index is 0.0927. The Bertz CT molecular complexity index is 272. The number of aryl methyl sites for hydroxylation is 1. The summed E-state index contributed by atoms with van der Waals surface area (Å²) in [5, 5.41) is 12.4. The van der Waals surface area contributed by atoms with Gasteiger partial charge in [0.2, 0.25) is 0 Å². The maximum atomic E-state index is 10.2. The van der Waals surface area contributed by atoms with E-state index in [9.17, 15) is 4.79 Å². The van der Waals surface area contributed by atoms with Gasteiger partial charge in [0, 0.05) is 17.6 Å². The van der Waals surface area contributed by atoms with E-state index in [0.717, 1.165) is 11.4 Å². The van der Waals surface area contributed by atoms with Crippen LogP contribution < -0.4 is 0 Å². The Labute approximate surface area is 74.6 Å². The van der Waals surface area contributed by atoms with Crippen LogP contribution in [0.15, 0.2) is 17.3 Å². The first-order chi connectivity index (χ1) is 5.72. The number of carboxylic acids is 1. The Balaban J connectivity index is 2.47. The summed E-state index contributed by atoms with van der Waals surface area (Å²) in [5.74, 6) is -0.709. The Hall–Kier alpha value is -0.970. The molecule has 0 radical (unpaired) electrons. The van der Waals surface area contributed by atoms with Crippen LogP contribution in [0.3, 0.4) is 0 Å². The third-order valence-corrected chi connectivity index (χ3v) is 2.23. The topological polar surface area (TPSA) is 55.1 Å². The second-order valence-electron chi connectivity index (χ2n) is 2.21. The average Bonchev–Trinajstić information content (AvgIpc) is 2.48. The lowest BCUT2D eigenvalue weighted by atomic mass is 10.7. The highest BCUT2D eigenvalue weighted by molar-refractivity contribution is 8.00. The Morgan fingerprint density at radius 3 is 3.08 bits per heavy atom. The summed E-state index contributed by atoms with van der Waals surface area (Å²) in [6.07, 6.45) is 3.52. The molecule has 0 spiro atoms. The van der Waals surface area contributed by atoms with Gasteiger partial charge in [0.15, 0.2) is 0 Å². The van der Waals surface area contributed by atoms with E-state index >= 15 is 0 Å². The van der Waals surface area contributed by atoms with E-state index in [0.29, 0.717) is 0 Å². The third kappa shape index (κ3) is 2.58. The minimum Gasteiger partial charge on any atom is -0.481 e. The van der Waals surface area contributed by atoms with Gasteiger partial charge in [-0.25, -0.2) is 0 Å². The van der Waals surface area contributed by atoms with Crippen molar-refractivity contribution in [2.45, 2.75) is 18.4 Å². The normalized spacial score (nSPS) is 10.1. The molecule has 0 bridgehead atoms. The molecule has 0 unspecified atom stereocenters. The maximum Gasteiger partial charge on any atom is 0.313 e. The van der Waals surface area contributed by atoms with Crippen molar-refractivity contribution in [3.05, 3.63) is 12.4 Å². The van der Waals surface area contributed by atoms with E-state index in [2.05, 4.69) is 5.10 Å². The number of thioether (sulfide) groups is 1. The number of carboxylic acid groups (broad SMARTS) is 1. The molecule has 5 heteroatoms. The molecule has 0 aromatic carbocycles. The largest absolute Gasteiger partial charge is 0.481 e. The molecule has 4 nitrogen and oxygen atoms in total. The second kappa shape index (κ2) is 4.15. The summed E-state index contributed by atoms with van der Waals surface area (Å²) >= 11 is 1.28. The summed E-state index contributed by atoms with van der Waals surface area (Å²) in [5.41, 5.74) is 0. The van der Waals surface area contributed by atoms with E-state index < -0.39 is 5.97 Å². The van der Waals surface area contributed by atoms with Crippen molar-refractivity contribution in [3.63, 3.8) is 0 Å². The molecule has 0 fully saturated rings. The quantitative estimate of drug-likeness (QED) is 0.715. The fourth-order valence-electron chi connectivity index (χ4n) is 0.737. The molecule has 0 amide bonds. The lowest BCUT2D eigenvalue weighted by Gasteiger charge is -1.91. The third-order valence-electron chi connectivity index (χ3n) is 1.30. The number of hydrogen-bond donors (Lipinski definition) is 1. The Morgan fingerprint density at radius 1 is 1.83 bits per heavy atom. The van der Waals surface area contributed by atoms with Crippen LogP contribution in [-0.4, -0.2) is 26.6 Å². The van der Waals surface area contributed by atoms with Crippen LogP contribution in [0.4, 0.5) is 0 Å². The van der Waals surface area contributed by atoms with Gasteiger partial charge in [-0.05, 0) is 6.92 Å². The van der Waals surface area contributed by atoms with Crippen LogP contribution in [0.5, 0.6) is 0 Å². The molecule has 0 saturated heterocycles. The van der Waals surface area contributed by atoms with Gasteiger partial charge >= 0.3 is 5.97 Å². The molecule has 1 N–H and O–H groups in total. The predicted molar refractivity (Wildman–Crippen MR) is 46.3 cm³/mol. The van der Waals surface area contributed by atoms with Crippen LogP contribution in [0.1, 0.15) is 6.92 Å². The summed E-state index contributed by atoms with van der Waals surface area (Å²) < 4.78 is 1.77. The highest BCUT2D eigenvalue weighted by atomic mass is 32.2. The molecule has 0 atom stereocenters. The van der Waals surface area contributed by atoms with E-state index in [1.807, 2.05) is 13.1 Å². The Kier molecular flexibility index (Phi) is 3.16. The monoisotopic (exact) mass is 186 g/mol. The van der Waals surface area contributed by atoms with Crippen LogP contribution in [0.25, 0.3) is 0 Å². The molecule has 1 heterocycles. The molecule has 66 valence electrons. The number of aliphatic carboxylic acids is 1. The van der Waals surface area contributed by atoms with Crippen molar-refractivity contribution < 1.29 is 9.90 Å². The van der Waals surface area contributed by atoms with E-state index in [4.69, 9.17) is 5.11 Å². The molecule has 12 heavy (non-hydrogen) atoms. The first-order valence-electron chi connectivity index (χ1n) is 3.59. The molecular weight excluding hydrogens is 176 g/mol. The van der Waals surface area contributed by atoms with E-state index in [1.54, 1.807) is 10.9 Å². The molecule has 1 aromatic heterocycles. The zero-order chi connectivity index (χ0) is 8.97. The highest BCUT2D eigenvalue weighted by Gasteiger charge is 2.01. The van der Waals surface area contributed by atoms with Gasteiger partial charge in [-0.3, -0.25) is 9.48 Å². The molecule has 1 aromatic rings. The van der Waals surface area contributed by atoms with Crippen molar-refractivity contribution in [1.29, 1.82) is 0 Å². The van der Waals surface area contributed by atoms with Gasteiger partial charge in [-0.15, -0.1) is 11.8 Å². The molecule has 0 aliphatic rings. The van der Waals surface area contributed by atoms with Gasteiger partial charge in [0.25, 0.3) is 0 Å². The summed E-state index contributed by atoms with van der Waals surface area (Å²) in [7, 11) is 0. The van der Waals surface area contributed by atoms with E-state index in [-0.39, 0.29) is 5.75 Å². The number of carbonyl (C=O) groups is 1. The van der Waals surface area contributed by atoms with Crippen LogP contribution in [0, 0.1) is 0 Å². The lowest BCUT2D eigenvalue weighted by Crippen LogP contribution is -1.96. The molecule has 0 saturated carbocycles. The number of aromatic nitrogens is 2. The molecular formula is C7H10N2O2S. The van der Waals surface area contributed by atoms with Crippen LogP contribution in [-0.2, 0) is 11.3 Å². The summed E-state index contributed by atoms with van der Waals surface area (Å²) in [4.78, 5) is 11.1.